The number of carboxylic acids is 1. The molecule has 0 bridgehead atoms. The lowest BCUT2D eigenvalue weighted by atomic mass is 9.85. The number of hydrogen-bond donors (Lipinski definition) is 1. The van der Waals surface area contributed by atoms with Gasteiger partial charge >= 0.3 is 5.97 Å². The minimum absolute atomic E-state index is 0.0409. The highest BCUT2D eigenvalue weighted by atomic mass is 16.6. The van der Waals surface area contributed by atoms with Gasteiger partial charge in [0.15, 0.2) is 0 Å². The second-order valence-electron chi connectivity index (χ2n) is 5.90. The molecular weight excluding hydrogens is 234 g/mol. The van der Waals surface area contributed by atoms with Gasteiger partial charge in [0, 0.05) is 38.8 Å². The Morgan fingerprint density at radius 3 is 2.89 bits per heavy atom. The number of carbonyl (C=O) groups is 1. The van der Waals surface area contributed by atoms with Crippen molar-refractivity contribution in [1.82, 2.24) is 4.90 Å². The predicted octanol–water partition coefficient (Wildman–Crippen LogP) is 0.731. The minimum Gasteiger partial charge on any atom is -0.481 e. The molecule has 0 radical (unpaired) electrons. The lowest BCUT2D eigenvalue weighted by molar-refractivity contribution is -0.142. The lowest BCUT2D eigenvalue weighted by Gasteiger charge is -2.48. The van der Waals surface area contributed by atoms with Crippen LogP contribution < -0.4 is 0 Å². The Bertz CT molecular complexity index is 321. The van der Waals surface area contributed by atoms with Gasteiger partial charge in [0.2, 0.25) is 0 Å². The maximum absolute atomic E-state index is 10.6. The molecule has 0 aromatic heterocycles. The van der Waals surface area contributed by atoms with Crippen molar-refractivity contribution in [2.75, 3.05) is 32.9 Å². The summed E-state index contributed by atoms with van der Waals surface area (Å²) in [6.07, 6.45) is 3.44. The van der Waals surface area contributed by atoms with Crippen LogP contribution in [-0.2, 0) is 14.3 Å². The fraction of sp³-hybridized carbons (Fsp3) is 0.923. The standard InChI is InChI=1S/C13H21NO4/c15-12(16)5-10-7-14(8-10)11-1-3-18-13(6-11)2-4-17-9-13/h10-11H,1-9H2,(H,15,16). The molecule has 2 unspecified atom stereocenters. The number of aliphatic carboxylic acids is 1. The van der Waals surface area contributed by atoms with Crippen molar-refractivity contribution in [3.8, 4) is 0 Å². The van der Waals surface area contributed by atoms with E-state index in [1.807, 2.05) is 0 Å². The SMILES string of the molecule is O=C(O)CC1CN(C2CCOC3(CCOC3)C2)C1. The predicted molar refractivity (Wildman–Crippen MR) is 64.5 cm³/mol. The molecule has 0 aromatic carbocycles. The van der Waals surface area contributed by atoms with Gasteiger partial charge in [0.1, 0.15) is 0 Å². The molecule has 0 saturated carbocycles. The van der Waals surface area contributed by atoms with Crippen molar-refractivity contribution in [3.05, 3.63) is 0 Å². The molecule has 3 fully saturated rings. The Kier molecular flexibility index (Phi) is 3.30. The molecule has 3 saturated heterocycles. The van der Waals surface area contributed by atoms with Crippen molar-refractivity contribution in [1.29, 1.82) is 0 Å². The van der Waals surface area contributed by atoms with Gasteiger partial charge in [0.05, 0.1) is 18.6 Å². The van der Waals surface area contributed by atoms with Crippen molar-refractivity contribution < 1.29 is 19.4 Å². The van der Waals surface area contributed by atoms with Crippen LogP contribution in [0.1, 0.15) is 25.7 Å². The molecule has 0 aromatic rings. The molecule has 5 heteroatoms. The zero-order valence-electron chi connectivity index (χ0n) is 10.6. The highest BCUT2D eigenvalue weighted by Crippen LogP contribution is 2.37. The summed E-state index contributed by atoms with van der Waals surface area (Å²) in [6, 6.07) is 0.561. The van der Waals surface area contributed by atoms with Crippen LogP contribution in [0.3, 0.4) is 0 Å². The zero-order chi connectivity index (χ0) is 12.6. The molecule has 18 heavy (non-hydrogen) atoms. The van der Waals surface area contributed by atoms with Crippen LogP contribution in [0.15, 0.2) is 0 Å². The molecule has 0 amide bonds. The average Bonchev–Trinajstić information content (AvgIpc) is 2.71. The number of ether oxygens (including phenoxy) is 2. The summed E-state index contributed by atoms with van der Waals surface area (Å²) >= 11 is 0. The van der Waals surface area contributed by atoms with Gasteiger partial charge in [0.25, 0.3) is 0 Å². The van der Waals surface area contributed by atoms with Crippen LogP contribution in [0, 0.1) is 5.92 Å². The first-order valence-electron chi connectivity index (χ1n) is 6.84. The summed E-state index contributed by atoms with van der Waals surface area (Å²) < 4.78 is 11.4. The van der Waals surface area contributed by atoms with Gasteiger partial charge in [-0.3, -0.25) is 9.69 Å². The second kappa shape index (κ2) is 4.79. The van der Waals surface area contributed by atoms with Crippen molar-refractivity contribution in [2.45, 2.75) is 37.3 Å². The molecule has 1 spiro atoms. The summed E-state index contributed by atoms with van der Waals surface area (Å²) in [4.78, 5) is 13.1. The summed E-state index contributed by atoms with van der Waals surface area (Å²) in [5, 5.41) is 8.76. The Balaban J connectivity index is 1.50. The van der Waals surface area contributed by atoms with E-state index in [0.29, 0.717) is 18.4 Å². The largest absolute Gasteiger partial charge is 0.481 e. The van der Waals surface area contributed by atoms with E-state index in [-0.39, 0.29) is 5.60 Å². The third kappa shape index (κ3) is 2.39. The van der Waals surface area contributed by atoms with Crippen LogP contribution >= 0.6 is 0 Å². The third-order valence-electron chi connectivity index (χ3n) is 4.50. The molecule has 3 aliphatic heterocycles. The number of carboxylic acid groups (broad SMARTS) is 1. The average molecular weight is 255 g/mol. The minimum atomic E-state index is -0.674. The van der Waals surface area contributed by atoms with Gasteiger partial charge in [-0.2, -0.15) is 0 Å². The number of nitrogens with zero attached hydrogens (tertiary/aromatic N) is 1. The summed E-state index contributed by atoms with van der Waals surface area (Å²) in [5.41, 5.74) is -0.0409. The van der Waals surface area contributed by atoms with Crippen LogP contribution in [0.4, 0.5) is 0 Å². The molecule has 102 valence electrons. The Labute approximate surface area is 107 Å². The van der Waals surface area contributed by atoms with Gasteiger partial charge in [-0.15, -0.1) is 0 Å². The molecule has 3 rings (SSSR count). The van der Waals surface area contributed by atoms with E-state index in [1.54, 1.807) is 0 Å². The molecule has 0 aliphatic carbocycles. The highest BCUT2D eigenvalue weighted by molar-refractivity contribution is 5.67. The van der Waals surface area contributed by atoms with Crippen LogP contribution in [0.5, 0.6) is 0 Å². The van der Waals surface area contributed by atoms with E-state index in [1.165, 1.54) is 0 Å². The Morgan fingerprint density at radius 2 is 2.22 bits per heavy atom. The van der Waals surface area contributed by atoms with E-state index >= 15 is 0 Å². The van der Waals surface area contributed by atoms with Crippen molar-refractivity contribution >= 4 is 5.97 Å². The first-order chi connectivity index (χ1) is 8.67. The first kappa shape index (κ1) is 12.4. The molecule has 3 aliphatic rings. The van der Waals surface area contributed by atoms with Gasteiger partial charge in [-0.1, -0.05) is 0 Å². The van der Waals surface area contributed by atoms with Gasteiger partial charge in [-0.25, -0.2) is 0 Å². The molecule has 1 N–H and O–H groups in total. The quantitative estimate of drug-likeness (QED) is 0.805. The number of likely N-dealkylation sites (tertiary alicyclic amines) is 1. The van der Waals surface area contributed by atoms with Crippen LogP contribution in [-0.4, -0.2) is 60.5 Å². The fourth-order valence-corrected chi connectivity index (χ4v) is 3.46. The van der Waals surface area contributed by atoms with Crippen LogP contribution in [0.25, 0.3) is 0 Å². The van der Waals surface area contributed by atoms with E-state index < -0.39 is 5.97 Å². The van der Waals surface area contributed by atoms with Crippen molar-refractivity contribution in [2.24, 2.45) is 5.92 Å². The second-order valence-corrected chi connectivity index (χ2v) is 5.90. The molecule has 3 heterocycles. The van der Waals surface area contributed by atoms with Crippen molar-refractivity contribution in [3.63, 3.8) is 0 Å². The maximum Gasteiger partial charge on any atom is 0.303 e. The van der Waals surface area contributed by atoms with Gasteiger partial charge < -0.3 is 14.6 Å². The molecular formula is C13H21NO4. The maximum atomic E-state index is 10.6. The van der Waals surface area contributed by atoms with E-state index in [4.69, 9.17) is 14.6 Å². The molecule has 5 nitrogen and oxygen atoms in total. The van der Waals surface area contributed by atoms with E-state index in [9.17, 15) is 4.79 Å². The highest BCUT2D eigenvalue weighted by Gasteiger charge is 2.44. The smallest absolute Gasteiger partial charge is 0.303 e. The normalized spacial score (nSPS) is 37.9. The molecule has 2 atom stereocenters. The lowest BCUT2D eigenvalue weighted by Crippen LogP contribution is -2.57. The Morgan fingerprint density at radius 1 is 1.39 bits per heavy atom. The topological polar surface area (TPSA) is 59.0 Å². The van der Waals surface area contributed by atoms with E-state index in [0.717, 1.165) is 52.2 Å². The Hall–Kier alpha value is -0.650. The summed E-state index contributed by atoms with van der Waals surface area (Å²) in [6.45, 7) is 4.24. The third-order valence-corrected chi connectivity index (χ3v) is 4.50. The summed E-state index contributed by atoms with van der Waals surface area (Å²) in [7, 11) is 0. The number of rotatable bonds is 3. The monoisotopic (exact) mass is 255 g/mol. The van der Waals surface area contributed by atoms with E-state index in [2.05, 4.69) is 4.90 Å². The van der Waals surface area contributed by atoms with Crippen LogP contribution in [0.2, 0.25) is 0 Å². The fourth-order valence-electron chi connectivity index (χ4n) is 3.46. The first-order valence-corrected chi connectivity index (χ1v) is 6.84. The zero-order valence-corrected chi connectivity index (χ0v) is 10.6. The number of hydrogen-bond acceptors (Lipinski definition) is 4. The summed E-state index contributed by atoms with van der Waals surface area (Å²) in [5.74, 6) is -0.326. The van der Waals surface area contributed by atoms with Gasteiger partial charge in [-0.05, 0) is 18.8 Å².